The van der Waals surface area contributed by atoms with Crippen molar-refractivity contribution in [1.82, 2.24) is 10.2 Å². The summed E-state index contributed by atoms with van der Waals surface area (Å²) in [6, 6.07) is 1.42. The Kier molecular flexibility index (Phi) is 3.96. The molecule has 1 N–H and O–H groups in total. The highest BCUT2D eigenvalue weighted by atomic mass is 15.2. The van der Waals surface area contributed by atoms with E-state index < -0.39 is 0 Å². The first kappa shape index (κ1) is 12.0. The van der Waals surface area contributed by atoms with E-state index in [2.05, 4.69) is 44.8 Å². The molecule has 0 spiro atoms. The number of rotatable bonds is 3. The molecule has 0 radical (unpaired) electrons. The highest BCUT2D eigenvalue weighted by Gasteiger charge is 2.24. The van der Waals surface area contributed by atoms with Gasteiger partial charge < -0.3 is 5.32 Å². The minimum Gasteiger partial charge on any atom is -0.312 e. The first-order valence-corrected chi connectivity index (χ1v) is 5.86. The number of nitrogens with zero attached hydrogens (tertiary/aromatic N) is 1. The lowest BCUT2D eigenvalue weighted by atomic mass is 9.96. The largest absolute Gasteiger partial charge is 0.312 e. The lowest BCUT2D eigenvalue weighted by molar-refractivity contribution is 0.263. The lowest BCUT2D eigenvalue weighted by Gasteiger charge is -2.24. The Bertz CT molecular complexity index is 170. The van der Waals surface area contributed by atoms with Crippen molar-refractivity contribution in [2.24, 2.45) is 5.41 Å². The maximum absolute atomic E-state index is 3.66. The quantitative estimate of drug-likeness (QED) is 0.747. The summed E-state index contributed by atoms with van der Waals surface area (Å²) in [5.41, 5.74) is 0.408. The maximum Gasteiger partial charge on any atom is 0.0207 e. The van der Waals surface area contributed by atoms with Gasteiger partial charge in [-0.05, 0) is 32.2 Å². The molecule has 0 aromatic heterocycles. The third-order valence-corrected chi connectivity index (χ3v) is 2.87. The Morgan fingerprint density at radius 3 is 2.43 bits per heavy atom. The minimum atomic E-state index is 0.408. The first-order valence-electron chi connectivity index (χ1n) is 5.86. The monoisotopic (exact) mass is 198 g/mol. The van der Waals surface area contributed by atoms with E-state index in [1.54, 1.807) is 0 Å². The van der Waals surface area contributed by atoms with Gasteiger partial charge in [0.2, 0.25) is 0 Å². The van der Waals surface area contributed by atoms with E-state index in [9.17, 15) is 0 Å². The van der Waals surface area contributed by atoms with Gasteiger partial charge in [0.05, 0.1) is 0 Å². The van der Waals surface area contributed by atoms with Crippen molar-refractivity contribution in [3.8, 4) is 0 Å². The zero-order valence-corrected chi connectivity index (χ0v) is 10.4. The summed E-state index contributed by atoms with van der Waals surface area (Å²) < 4.78 is 0. The summed E-state index contributed by atoms with van der Waals surface area (Å²) >= 11 is 0. The molecule has 1 saturated heterocycles. The van der Waals surface area contributed by atoms with Gasteiger partial charge in [-0.1, -0.05) is 20.8 Å². The Balaban J connectivity index is 2.23. The predicted molar refractivity (Wildman–Crippen MR) is 62.6 cm³/mol. The Morgan fingerprint density at radius 1 is 1.36 bits per heavy atom. The summed E-state index contributed by atoms with van der Waals surface area (Å²) in [7, 11) is 0. The molecule has 1 heterocycles. The Morgan fingerprint density at radius 2 is 2.00 bits per heavy atom. The van der Waals surface area contributed by atoms with E-state index in [0.29, 0.717) is 11.5 Å². The molecule has 1 unspecified atom stereocenters. The highest BCUT2D eigenvalue weighted by Crippen LogP contribution is 2.15. The number of likely N-dealkylation sites (tertiary alicyclic amines) is 1. The standard InChI is InChI=1S/C12H26N2/c1-10(2)14-7-6-11(8-14)13-9-12(3,4)5/h10-11,13H,6-9H2,1-5H3. The molecule has 0 saturated carbocycles. The molecular formula is C12H26N2. The summed E-state index contributed by atoms with van der Waals surface area (Å²) in [6.45, 7) is 15.1. The van der Waals surface area contributed by atoms with Gasteiger partial charge in [0.25, 0.3) is 0 Å². The van der Waals surface area contributed by atoms with Gasteiger partial charge in [0.1, 0.15) is 0 Å². The van der Waals surface area contributed by atoms with Gasteiger partial charge in [-0.15, -0.1) is 0 Å². The number of nitrogens with one attached hydrogen (secondary N) is 1. The molecule has 84 valence electrons. The molecular weight excluding hydrogens is 172 g/mol. The molecule has 0 amide bonds. The summed E-state index contributed by atoms with van der Waals surface area (Å²) in [5, 5.41) is 3.66. The second-order valence-electron chi connectivity index (χ2n) is 6.02. The fraction of sp³-hybridized carbons (Fsp3) is 1.00. The van der Waals surface area contributed by atoms with E-state index in [4.69, 9.17) is 0 Å². The van der Waals surface area contributed by atoms with Crippen molar-refractivity contribution in [3.05, 3.63) is 0 Å². The normalized spacial score (nSPS) is 24.9. The molecule has 1 fully saturated rings. The fourth-order valence-corrected chi connectivity index (χ4v) is 1.87. The third kappa shape index (κ3) is 3.97. The molecule has 1 rings (SSSR count). The van der Waals surface area contributed by atoms with E-state index in [0.717, 1.165) is 12.6 Å². The van der Waals surface area contributed by atoms with Crippen LogP contribution in [0.5, 0.6) is 0 Å². The van der Waals surface area contributed by atoms with Gasteiger partial charge in [0, 0.05) is 25.2 Å². The highest BCUT2D eigenvalue weighted by molar-refractivity contribution is 4.83. The smallest absolute Gasteiger partial charge is 0.0207 e. The second kappa shape index (κ2) is 4.63. The van der Waals surface area contributed by atoms with Crippen LogP contribution in [0.3, 0.4) is 0 Å². The van der Waals surface area contributed by atoms with Crippen LogP contribution in [0, 0.1) is 5.41 Å². The third-order valence-electron chi connectivity index (χ3n) is 2.87. The molecule has 1 aliphatic rings. The zero-order chi connectivity index (χ0) is 10.8. The molecule has 0 aromatic rings. The van der Waals surface area contributed by atoms with Crippen molar-refractivity contribution in [1.29, 1.82) is 0 Å². The van der Waals surface area contributed by atoms with Gasteiger partial charge in [-0.25, -0.2) is 0 Å². The molecule has 0 bridgehead atoms. The van der Waals surface area contributed by atoms with Gasteiger partial charge >= 0.3 is 0 Å². The van der Waals surface area contributed by atoms with Crippen molar-refractivity contribution in [2.45, 2.75) is 53.1 Å². The average molecular weight is 198 g/mol. The van der Waals surface area contributed by atoms with Gasteiger partial charge in [-0.2, -0.15) is 0 Å². The van der Waals surface area contributed by atoms with Gasteiger partial charge in [0.15, 0.2) is 0 Å². The minimum absolute atomic E-state index is 0.408. The van der Waals surface area contributed by atoms with Crippen LogP contribution in [0.25, 0.3) is 0 Å². The summed E-state index contributed by atoms with van der Waals surface area (Å²) in [5.74, 6) is 0. The van der Waals surface area contributed by atoms with Crippen molar-refractivity contribution >= 4 is 0 Å². The summed E-state index contributed by atoms with van der Waals surface area (Å²) in [4.78, 5) is 2.56. The molecule has 2 heteroatoms. The van der Waals surface area contributed by atoms with E-state index in [1.807, 2.05) is 0 Å². The van der Waals surface area contributed by atoms with Crippen LogP contribution in [0.1, 0.15) is 41.0 Å². The average Bonchev–Trinajstić information content (AvgIpc) is 2.47. The van der Waals surface area contributed by atoms with E-state index in [1.165, 1.54) is 19.5 Å². The summed E-state index contributed by atoms with van der Waals surface area (Å²) in [6.07, 6.45) is 1.31. The molecule has 14 heavy (non-hydrogen) atoms. The molecule has 0 aromatic carbocycles. The van der Waals surface area contributed by atoms with Crippen LogP contribution in [0.4, 0.5) is 0 Å². The molecule has 2 nitrogen and oxygen atoms in total. The van der Waals surface area contributed by atoms with Gasteiger partial charge in [-0.3, -0.25) is 4.90 Å². The van der Waals surface area contributed by atoms with Crippen molar-refractivity contribution < 1.29 is 0 Å². The lowest BCUT2D eigenvalue weighted by Crippen LogP contribution is -2.38. The van der Waals surface area contributed by atoms with Crippen LogP contribution in [0.15, 0.2) is 0 Å². The topological polar surface area (TPSA) is 15.3 Å². The SMILES string of the molecule is CC(C)N1CCC(NCC(C)(C)C)C1. The second-order valence-corrected chi connectivity index (χ2v) is 6.02. The Hall–Kier alpha value is -0.0800. The van der Waals surface area contributed by atoms with Crippen LogP contribution in [-0.2, 0) is 0 Å². The van der Waals surface area contributed by atoms with Crippen LogP contribution in [0.2, 0.25) is 0 Å². The Labute approximate surface area is 89.1 Å². The first-order chi connectivity index (χ1) is 6.38. The molecule has 1 aliphatic heterocycles. The predicted octanol–water partition coefficient (Wildman–Crippen LogP) is 2.10. The van der Waals surface area contributed by atoms with Crippen LogP contribution < -0.4 is 5.32 Å². The van der Waals surface area contributed by atoms with Crippen molar-refractivity contribution in [2.75, 3.05) is 19.6 Å². The van der Waals surface area contributed by atoms with Crippen molar-refractivity contribution in [3.63, 3.8) is 0 Å². The zero-order valence-electron chi connectivity index (χ0n) is 10.4. The maximum atomic E-state index is 3.66. The number of hydrogen-bond donors (Lipinski definition) is 1. The van der Waals surface area contributed by atoms with E-state index in [-0.39, 0.29) is 0 Å². The van der Waals surface area contributed by atoms with E-state index >= 15 is 0 Å². The van der Waals surface area contributed by atoms with Crippen LogP contribution in [-0.4, -0.2) is 36.6 Å². The van der Waals surface area contributed by atoms with Crippen LogP contribution >= 0.6 is 0 Å². The number of hydrogen-bond acceptors (Lipinski definition) is 2. The fourth-order valence-electron chi connectivity index (χ4n) is 1.87. The molecule has 0 aliphatic carbocycles. The molecule has 1 atom stereocenters.